The number of nitrogen functional groups attached to an aromatic ring is 1. The number of primary amides is 1. The third-order valence-electron chi connectivity index (χ3n) is 1.69. The van der Waals surface area contributed by atoms with Crippen molar-refractivity contribution in [2.75, 3.05) is 5.43 Å². The lowest BCUT2D eigenvalue weighted by atomic mass is 10.2. The highest BCUT2D eigenvalue weighted by Crippen LogP contribution is 2.27. The zero-order valence-corrected chi connectivity index (χ0v) is 9.40. The largest absolute Gasteiger partial charge is 0.351 e. The monoisotopic (exact) mass is 273 g/mol. The van der Waals surface area contributed by atoms with Gasteiger partial charge in [0.15, 0.2) is 0 Å². The van der Waals surface area contributed by atoms with Crippen LogP contribution < -0.4 is 28.3 Å². The average molecular weight is 273 g/mol. The highest BCUT2D eigenvalue weighted by atomic mass is 16.6. The van der Waals surface area contributed by atoms with E-state index >= 15 is 0 Å². The van der Waals surface area contributed by atoms with E-state index in [0.29, 0.717) is 0 Å². The molecule has 0 heterocycles. The molecule has 0 spiro atoms. The summed E-state index contributed by atoms with van der Waals surface area (Å²) in [5, 5.41) is 20.7. The first-order valence-corrected chi connectivity index (χ1v) is 4.49. The Labute approximate surface area is 105 Å². The SMILES string of the molecule is NNC(N)=O.NNc1ccc([N+](=O)[O-])cc1[N+](=O)[O-]. The summed E-state index contributed by atoms with van der Waals surface area (Å²) in [5.41, 5.74) is 7.41. The number of anilines is 1. The van der Waals surface area contributed by atoms with E-state index in [1.165, 1.54) is 6.07 Å². The smallest absolute Gasteiger partial charge is 0.326 e. The minimum absolute atomic E-state index is 0.0283. The van der Waals surface area contributed by atoms with Crippen molar-refractivity contribution in [2.24, 2.45) is 17.4 Å². The summed E-state index contributed by atoms with van der Waals surface area (Å²) in [6.07, 6.45) is 0. The van der Waals surface area contributed by atoms with Crippen molar-refractivity contribution in [3.8, 4) is 0 Å². The van der Waals surface area contributed by atoms with Gasteiger partial charge in [0.2, 0.25) is 0 Å². The molecular weight excluding hydrogens is 262 g/mol. The van der Waals surface area contributed by atoms with Crippen LogP contribution in [-0.4, -0.2) is 15.9 Å². The van der Waals surface area contributed by atoms with Gasteiger partial charge in [-0.05, 0) is 6.07 Å². The zero-order valence-electron chi connectivity index (χ0n) is 9.40. The van der Waals surface area contributed by atoms with Crippen LogP contribution in [0.2, 0.25) is 0 Å². The molecule has 1 rings (SSSR count). The summed E-state index contributed by atoms with van der Waals surface area (Å²) in [6.45, 7) is 0. The van der Waals surface area contributed by atoms with Gasteiger partial charge in [0.05, 0.1) is 15.9 Å². The van der Waals surface area contributed by atoms with Gasteiger partial charge in [0.1, 0.15) is 5.69 Å². The molecule has 0 aromatic heterocycles. The van der Waals surface area contributed by atoms with E-state index in [0.717, 1.165) is 12.1 Å². The van der Waals surface area contributed by atoms with E-state index in [2.05, 4.69) is 17.0 Å². The predicted octanol–water partition coefficient (Wildman–Crippen LogP) is -0.683. The molecule has 8 N–H and O–H groups in total. The van der Waals surface area contributed by atoms with E-state index in [1.54, 1.807) is 5.43 Å². The number of carbonyl (C=O) groups is 1. The number of benzene rings is 1. The third kappa shape index (κ3) is 5.24. The molecule has 0 aliphatic heterocycles. The van der Waals surface area contributed by atoms with Gasteiger partial charge in [0, 0.05) is 6.07 Å². The first-order chi connectivity index (χ1) is 8.83. The minimum Gasteiger partial charge on any atom is -0.351 e. The Hall–Kier alpha value is -2.99. The number of nitro groups is 2. The van der Waals surface area contributed by atoms with Crippen LogP contribution in [0.1, 0.15) is 0 Å². The summed E-state index contributed by atoms with van der Waals surface area (Å²) >= 11 is 0. The maximum Gasteiger partial charge on any atom is 0.326 e. The number of nitro benzene ring substituents is 2. The van der Waals surface area contributed by atoms with Crippen LogP contribution in [0.4, 0.5) is 21.9 Å². The quantitative estimate of drug-likeness (QED) is 0.206. The number of urea groups is 1. The van der Waals surface area contributed by atoms with Crippen LogP contribution in [-0.2, 0) is 0 Å². The number of hydrogen-bond acceptors (Lipinski definition) is 8. The van der Waals surface area contributed by atoms with Crippen molar-refractivity contribution in [3.05, 3.63) is 38.4 Å². The fourth-order valence-electron chi connectivity index (χ4n) is 0.907. The Morgan fingerprint density at radius 2 is 1.68 bits per heavy atom. The molecule has 0 aliphatic rings. The van der Waals surface area contributed by atoms with Crippen molar-refractivity contribution in [1.82, 2.24) is 5.43 Å². The molecule has 104 valence electrons. The number of nitrogens with two attached hydrogens (primary N) is 3. The highest BCUT2D eigenvalue weighted by molar-refractivity contribution is 5.70. The molecule has 0 saturated heterocycles. The molecule has 1 aromatic rings. The number of carbonyl (C=O) groups excluding carboxylic acids is 1. The Balaban J connectivity index is 0.000000555. The molecule has 0 aliphatic carbocycles. The van der Waals surface area contributed by atoms with E-state index in [4.69, 9.17) is 5.84 Å². The highest BCUT2D eigenvalue weighted by Gasteiger charge is 2.18. The second kappa shape index (κ2) is 7.36. The van der Waals surface area contributed by atoms with Crippen molar-refractivity contribution in [2.45, 2.75) is 0 Å². The minimum atomic E-state index is -0.748. The molecule has 2 amide bonds. The lowest BCUT2D eigenvalue weighted by molar-refractivity contribution is -0.393. The molecule has 0 fully saturated rings. The maximum absolute atomic E-state index is 10.4. The molecule has 0 unspecified atom stereocenters. The number of non-ortho nitro benzene ring substituents is 1. The Morgan fingerprint density at radius 1 is 1.16 bits per heavy atom. The number of rotatable bonds is 3. The summed E-state index contributed by atoms with van der Waals surface area (Å²) in [6, 6.07) is 2.43. The molecule has 0 atom stereocenters. The maximum atomic E-state index is 10.4. The van der Waals surface area contributed by atoms with Crippen LogP contribution in [0, 0.1) is 20.2 Å². The van der Waals surface area contributed by atoms with Crippen LogP contribution in [0.5, 0.6) is 0 Å². The summed E-state index contributed by atoms with van der Waals surface area (Å²) < 4.78 is 0. The molecule has 1 aromatic carbocycles. The first kappa shape index (κ1) is 16.0. The van der Waals surface area contributed by atoms with Gasteiger partial charge in [-0.25, -0.2) is 10.6 Å². The fraction of sp³-hybridized carbons (Fsp3) is 0. The van der Waals surface area contributed by atoms with Crippen LogP contribution in [0.15, 0.2) is 18.2 Å². The van der Waals surface area contributed by atoms with Crippen LogP contribution >= 0.6 is 0 Å². The van der Waals surface area contributed by atoms with Crippen molar-refractivity contribution < 1.29 is 14.6 Å². The van der Waals surface area contributed by atoms with E-state index < -0.39 is 21.6 Å². The van der Waals surface area contributed by atoms with Gasteiger partial charge >= 0.3 is 11.7 Å². The zero-order chi connectivity index (χ0) is 15.0. The summed E-state index contributed by atoms with van der Waals surface area (Å²) in [5.74, 6) is 9.44. The van der Waals surface area contributed by atoms with Gasteiger partial charge in [-0.15, -0.1) is 0 Å². The normalized spacial score (nSPS) is 8.74. The predicted molar refractivity (Wildman–Crippen MR) is 64.5 cm³/mol. The van der Waals surface area contributed by atoms with Gasteiger partial charge in [0.25, 0.3) is 5.69 Å². The standard InChI is InChI=1S/C6H6N4O4.CH5N3O/c7-8-5-2-1-4(9(11)12)3-6(5)10(13)14;2-1(5)4-3/h1-3,8H,7H2;3H2,(H3,2,4,5). The molecular formula is C7H11N7O5. The van der Waals surface area contributed by atoms with E-state index in [-0.39, 0.29) is 11.4 Å². The van der Waals surface area contributed by atoms with Gasteiger partial charge < -0.3 is 11.2 Å². The van der Waals surface area contributed by atoms with Gasteiger partial charge in [-0.2, -0.15) is 0 Å². The molecule has 12 nitrogen and oxygen atoms in total. The van der Waals surface area contributed by atoms with Crippen LogP contribution in [0.3, 0.4) is 0 Å². The van der Waals surface area contributed by atoms with Crippen molar-refractivity contribution >= 4 is 23.1 Å². The third-order valence-corrected chi connectivity index (χ3v) is 1.69. The number of hydrazine groups is 2. The number of nitrogens with zero attached hydrogens (tertiary/aromatic N) is 2. The number of nitrogens with one attached hydrogen (secondary N) is 2. The Morgan fingerprint density at radius 3 is 2.00 bits per heavy atom. The molecule has 0 radical (unpaired) electrons. The molecule has 0 bridgehead atoms. The summed E-state index contributed by atoms with van der Waals surface area (Å²) in [7, 11) is 0. The van der Waals surface area contributed by atoms with Gasteiger partial charge in [-0.1, -0.05) is 0 Å². The first-order valence-electron chi connectivity index (χ1n) is 4.49. The Kier molecular flexibility index (Phi) is 6.20. The lowest BCUT2D eigenvalue weighted by Crippen LogP contribution is -2.34. The van der Waals surface area contributed by atoms with Crippen LogP contribution in [0.25, 0.3) is 0 Å². The van der Waals surface area contributed by atoms with Crippen molar-refractivity contribution in [3.63, 3.8) is 0 Å². The number of hydrogen-bond donors (Lipinski definition) is 5. The topological polar surface area (TPSA) is 205 Å². The average Bonchev–Trinajstić information content (AvgIpc) is 2.38. The van der Waals surface area contributed by atoms with Gasteiger partial charge in [-0.3, -0.25) is 31.5 Å². The molecule has 0 saturated carbocycles. The van der Waals surface area contributed by atoms with E-state index in [1.807, 2.05) is 0 Å². The second-order valence-corrected chi connectivity index (χ2v) is 2.87. The fourth-order valence-corrected chi connectivity index (χ4v) is 0.907. The Bertz CT molecular complexity index is 491. The molecule has 19 heavy (non-hydrogen) atoms. The summed E-state index contributed by atoms with van der Waals surface area (Å²) in [4.78, 5) is 28.6. The van der Waals surface area contributed by atoms with Crippen molar-refractivity contribution in [1.29, 1.82) is 0 Å². The lowest BCUT2D eigenvalue weighted by Gasteiger charge is -2.00. The second-order valence-electron chi connectivity index (χ2n) is 2.87. The van der Waals surface area contributed by atoms with E-state index in [9.17, 15) is 25.0 Å². The molecule has 12 heteroatoms. The number of amides is 2.